The van der Waals surface area contributed by atoms with Crippen molar-refractivity contribution < 1.29 is 0 Å². The Bertz CT molecular complexity index is 361. The van der Waals surface area contributed by atoms with Crippen molar-refractivity contribution in [1.82, 2.24) is 0 Å². The second-order valence-electron chi connectivity index (χ2n) is 1.86. The first-order valence-corrected chi connectivity index (χ1v) is 4.80. The molecule has 0 aromatic carbocycles. The number of nitrogens with zero attached hydrogens (tertiary/aromatic N) is 1. The number of rotatable bonds is 1. The monoisotopic (exact) mass is 237 g/mol. The van der Waals surface area contributed by atoms with Crippen LogP contribution in [-0.2, 0) is 0 Å². The summed E-state index contributed by atoms with van der Waals surface area (Å²) in [7, 11) is 0. The topological polar surface area (TPSA) is 23.8 Å². The van der Waals surface area contributed by atoms with Crippen LogP contribution in [0, 0.1) is 11.3 Å². The molecule has 0 radical (unpaired) electrons. The third-order valence-electron chi connectivity index (χ3n) is 1.11. The standard InChI is InChI=1S/C7H2Cl3NS/c8-5(1-2-11)4-3-6(9)12-7(4)10/h1,3H/b5-1+. The summed E-state index contributed by atoms with van der Waals surface area (Å²) in [5.74, 6) is 0. The molecule has 0 atom stereocenters. The molecule has 0 aliphatic carbocycles. The molecule has 62 valence electrons. The molecule has 0 aliphatic heterocycles. The van der Waals surface area contributed by atoms with E-state index in [1.54, 1.807) is 6.07 Å². The molecular formula is C7H2Cl3NS. The van der Waals surface area contributed by atoms with Gasteiger partial charge >= 0.3 is 0 Å². The summed E-state index contributed by atoms with van der Waals surface area (Å²) in [6.07, 6.45) is 1.21. The molecular weight excluding hydrogens is 237 g/mol. The average Bonchev–Trinajstić information content (AvgIpc) is 2.30. The molecule has 0 N–H and O–H groups in total. The van der Waals surface area contributed by atoms with Gasteiger partial charge in [0.15, 0.2) is 0 Å². The second-order valence-corrected chi connectivity index (χ2v) is 4.55. The molecule has 0 amide bonds. The highest BCUT2D eigenvalue weighted by Gasteiger charge is 2.08. The SMILES string of the molecule is N#C/C=C(/Cl)c1cc(Cl)sc1Cl. The smallest absolute Gasteiger partial charge is 0.103 e. The van der Waals surface area contributed by atoms with Gasteiger partial charge in [0.25, 0.3) is 0 Å². The third-order valence-corrected chi connectivity index (χ3v) is 2.91. The largest absolute Gasteiger partial charge is 0.193 e. The summed E-state index contributed by atoms with van der Waals surface area (Å²) in [5.41, 5.74) is 0.606. The van der Waals surface area contributed by atoms with Gasteiger partial charge in [-0.05, 0) is 6.07 Å². The van der Waals surface area contributed by atoms with Crippen LogP contribution >= 0.6 is 46.1 Å². The zero-order valence-electron chi connectivity index (χ0n) is 5.64. The molecule has 0 unspecified atom stereocenters. The maximum Gasteiger partial charge on any atom is 0.103 e. The van der Waals surface area contributed by atoms with Gasteiger partial charge in [-0.15, -0.1) is 11.3 Å². The predicted molar refractivity (Wildman–Crippen MR) is 53.8 cm³/mol. The Balaban J connectivity index is 3.12. The van der Waals surface area contributed by atoms with Gasteiger partial charge in [-0.1, -0.05) is 34.8 Å². The molecule has 0 bridgehead atoms. The molecule has 0 fully saturated rings. The highest BCUT2D eigenvalue weighted by atomic mass is 35.5. The zero-order chi connectivity index (χ0) is 9.14. The number of halogens is 3. The minimum absolute atomic E-state index is 0.311. The number of thiophene rings is 1. The average molecular weight is 239 g/mol. The van der Waals surface area contributed by atoms with E-state index in [1.165, 1.54) is 17.4 Å². The molecule has 0 spiro atoms. The van der Waals surface area contributed by atoms with Crippen molar-refractivity contribution >= 4 is 51.2 Å². The van der Waals surface area contributed by atoms with Crippen LogP contribution in [0.15, 0.2) is 12.1 Å². The lowest BCUT2D eigenvalue weighted by Gasteiger charge is -1.90. The first-order chi connectivity index (χ1) is 5.65. The van der Waals surface area contributed by atoms with Crippen molar-refractivity contribution in [2.45, 2.75) is 0 Å². The van der Waals surface area contributed by atoms with E-state index in [0.717, 1.165) is 0 Å². The molecule has 1 heterocycles. The summed E-state index contributed by atoms with van der Waals surface area (Å²) in [4.78, 5) is 0. The maximum atomic E-state index is 8.31. The molecule has 0 saturated heterocycles. The Morgan fingerprint density at radius 1 is 1.58 bits per heavy atom. The van der Waals surface area contributed by atoms with Crippen molar-refractivity contribution in [3.05, 3.63) is 26.4 Å². The van der Waals surface area contributed by atoms with Crippen LogP contribution in [0.1, 0.15) is 5.56 Å². The van der Waals surface area contributed by atoms with Gasteiger partial charge < -0.3 is 0 Å². The van der Waals surface area contributed by atoms with Crippen LogP contribution in [0.25, 0.3) is 5.03 Å². The number of nitriles is 1. The van der Waals surface area contributed by atoms with E-state index < -0.39 is 0 Å². The Morgan fingerprint density at radius 3 is 2.67 bits per heavy atom. The maximum absolute atomic E-state index is 8.31. The summed E-state index contributed by atoms with van der Waals surface area (Å²) < 4.78 is 1.05. The Morgan fingerprint density at radius 2 is 2.25 bits per heavy atom. The molecule has 1 nitrogen and oxygen atoms in total. The van der Waals surface area contributed by atoms with Crippen molar-refractivity contribution in [1.29, 1.82) is 5.26 Å². The highest BCUT2D eigenvalue weighted by Crippen LogP contribution is 2.36. The molecule has 1 rings (SSSR count). The lowest BCUT2D eigenvalue weighted by molar-refractivity contribution is 1.54. The van der Waals surface area contributed by atoms with Crippen LogP contribution < -0.4 is 0 Å². The third kappa shape index (κ3) is 2.15. The fourth-order valence-corrected chi connectivity index (χ4v) is 2.43. The molecule has 12 heavy (non-hydrogen) atoms. The van der Waals surface area contributed by atoms with Crippen molar-refractivity contribution in [2.24, 2.45) is 0 Å². The van der Waals surface area contributed by atoms with E-state index in [9.17, 15) is 0 Å². The number of hydrogen-bond acceptors (Lipinski definition) is 2. The minimum atomic E-state index is 0.311. The van der Waals surface area contributed by atoms with Crippen LogP contribution in [0.3, 0.4) is 0 Å². The van der Waals surface area contributed by atoms with Crippen LogP contribution in [0.5, 0.6) is 0 Å². The number of allylic oxidation sites excluding steroid dienone is 1. The van der Waals surface area contributed by atoms with E-state index in [4.69, 9.17) is 40.1 Å². The van der Waals surface area contributed by atoms with Crippen molar-refractivity contribution in [3.8, 4) is 6.07 Å². The fraction of sp³-hybridized carbons (Fsp3) is 0. The van der Waals surface area contributed by atoms with Gasteiger partial charge in [0.2, 0.25) is 0 Å². The quantitative estimate of drug-likeness (QED) is 0.674. The molecule has 1 aromatic heterocycles. The fourth-order valence-electron chi connectivity index (χ4n) is 0.638. The summed E-state index contributed by atoms with van der Waals surface area (Å²) in [6.45, 7) is 0. The Hall–Kier alpha value is -0.200. The second kappa shape index (κ2) is 4.15. The van der Waals surface area contributed by atoms with E-state index >= 15 is 0 Å². The lowest BCUT2D eigenvalue weighted by Crippen LogP contribution is -1.69. The van der Waals surface area contributed by atoms with E-state index in [-0.39, 0.29) is 0 Å². The van der Waals surface area contributed by atoms with E-state index in [1.807, 2.05) is 6.07 Å². The first-order valence-electron chi connectivity index (χ1n) is 2.85. The van der Waals surface area contributed by atoms with Gasteiger partial charge in [-0.3, -0.25) is 0 Å². The van der Waals surface area contributed by atoms with Gasteiger partial charge in [0.05, 0.1) is 15.4 Å². The molecule has 0 aliphatic rings. The number of hydrogen-bond donors (Lipinski definition) is 0. The van der Waals surface area contributed by atoms with Gasteiger partial charge in [-0.2, -0.15) is 5.26 Å². The lowest BCUT2D eigenvalue weighted by atomic mass is 10.3. The van der Waals surface area contributed by atoms with Crippen molar-refractivity contribution in [2.75, 3.05) is 0 Å². The normalized spacial score (nSPS) is 11.3. The van der Waals surface area contributed by atoms with Gasteiger partial charge in [0, 0.05) is 11.6 Å². The first kappa shape index (κ1) is 9.88. The summed E-state index contributed by atoms with van der Waals surface area (Å²) >= 11 is 18.4. The van der Waals surface area contributed by atoms with E-state index in [2.05, 4.69) is 0 Å². The predicted octanol–water partition coefficient (Wildman–Crippen LogP) is 4.16. The molecule has 5 heteroatoms. The van der Waals surface area contributed by atoms with Crippen LogP contribution in [-0.4, -0.2) is 0 Å². The summed E-state index contributed by atoms with van der Waals surface area (Å²) in [6, 6.07) is 3.44. The van der Waals surface area contributed by atoms with Crippen molar-refractivity contribution in [3.63, 3.8) is 0 Å². The van der Waals surface area contributed by atoms with E-state index in [0.29, 0.717) is 19.3 Å². The van der Waals surface area contributed by atoms with Gasteiger partial charge in [0.1, 0.15) is 4.34 Å². The Labute approximate surface area is 88.8 Å². The van der Waals surface area contributed by atoms with Gasteiger partial charge in [-0.25, -0.2) is 0 Å². The highest BCUT2D eigenvalue weighted by molar-refractivity contribution is 7.20. The minimum Gasteiger partial charge on any atom is -0.193 e. The zero-order valence-corrected chi connectivity index (χ0v) is 8.73. The van der Waals surface area contributed by atoms with Crippen LogP contribution in [0.2, 0.25) is 8.67 Å². The molecule has 0 saturated carbocycles. The Kier molecular flexibility index (Phi) is 3.42. The molecule has 1 aromatic rings. The van der Waals surface area contributed by atoms with Crippen LogP contribution in [0.4, 0.5) is 0 Å². The summed E-state index contributed by atoms with van der Waals surface area (Å²) in [5, 5.41) is 8.62.